The Morgan fingerprint density at radius 3 is 2.66 bits per heavy atom. The molecule has 0 spiro atoms. The van der Waals surface area contributed by atoms with E-state index in [9.17, 15) is 30.8 Å². The Morgan fingerprint density at radius 1 is 1.24 bits per heavy atom. The van der Waals surface area contributed by atoms with Gasteiger partial charge in [-0.05, 0) is 37.6 Å². The normalized spacial score (nSPS) is 17.6. The van der Waals surface area contributed by atoms with Crippen molar-refractivity contribution in [3.8, 4) is 11.5 Å². The number of alkyl halides is 3. The van der Waals surface area contributed by atoms with Gasteiger partial charge in [-0.15, -0.1) is 12.4 Å². The fourth-order valence-corrected chi connectivity index (χ4v) is 4.94. The van der Waals surface area contributed by atoms with Crippen molar-refractivity contribution in [1.82, 2.24) is 9.62 Å². The van der Waals surface area contributed by atoms with Gasteiger partial charge in [0.1, 0.15) is 30.5 Å². The molecule has 0 radical (unpaired) electrons. The number of halogens is 5. The van der Waals surface area contributed by atoms with E-state index in [1.807, 2.05) is 9.62 Å². The van der Waals surface area contributed by atoms with E-state index in [0.717, 1.165) is 24.0 Å². The van der Waals surface area contributed by atoms with Crippen LogP contribution in [0.25, 0.3) is 6.08 Å². The number of aryl methyl sites for hydroxylation is 1. The molecule has 0 saturated carbocycles. The molecule has 0 aliphatic carbocycles. The van der Waals surface area contributed by atoms with Crippen LogP contribution in [0.4, 0.5) is 17.6 Å². The first-order chi connectivity index (χ1) is 17.3. The first kappa shape index (κ1) is 29.7. The number of nitrogens with one attached hydrogen (secondary N) is 1. The lowest BCUT2D eigenvalue weighted by Gasteiger charge is -2.23. The third-order valence-electron chi connectivity index (χ3n) is 6.15. The average molecular weight is 579 g/mol. The number of nitrogens with zero attached hydrogens (tertiary/aromatic N) is 1. The molecule has 1 atom stereocenters. The predicted molar refractivity (Wildman–Crippen MR) is 135 cm³/mol. The Kier molecular flexibility index (Phi) is 9.00. The van der Waals surface area contributed by atoms with E-state index < -0.39 is 46.0 Å². The van der Waals surface area contributed by atoms with Crippen molar-refractivity contribution >= 4 is 34.4 Å². The summed E-state index contributed by atoms with van der Waals surface area (Å²) in [6.45, 7) is 2.67. The standard InChI is InChI=1S/C25H26F4N2O5S.ClH/c1-15-3-4-18(21(7-15)25(27,28)29)14-35-19-9-22(26)20-8-16(13-36-23(20)10-19)11-31-6-5-17(12-31)24(32)30-37(2,33)34;/h3-4,7-10,17H,5-6,11-14H2,1-2H3,(H,30,32);1H. The maximum atomic E-state index is 14.9. The second kappa shape index (κ2) is 11.5. The third-order valence-corrected chi connectivity index (χ3v) is 6.72. The highest BCUT2D eigenvalue weighted by molar-refractivity contribution is 7.89. The molecule has 0 aromatic heterocycles. The van der Waals surface area contributed by atoms with Crippen LogP contribution in [-0.2, 0) is 27.6 Å². The predicted octanol–water partition coefficient (Wildman–Crippen LogP) is 4.33. The molecule has 1 unspecified atom stereocenters. The molecule has 2 aliphatic heterocycles. The molecule has 208 valence electrons. The number of rotatable bonds is 7. The van der Waals surface area contributed by atoms with Crippen LogP contribution in [-0.4, -0.2) is 51.7 Å². The fourth-order valence-electron chi connectivity index (χ4n) is 4.40. The molecular weight excluding hydrogens is 552 g/mol. The highest BCUT2D eigenvalue weighted by Crippen LogP contribution is 2.36. The van der Waals surface area contributed by atoms with Gasteiger partial charge >= 0.3 is 6.18 Å². The Bertz CT molecular complexity index is 1350. The van der Waals surface area contributed by atoms with Crippen molar-refractivity contribution in [2.24, 2.45) is 5.92 Å². The molecule has 1 N–H and O–H groups in total. The van der Waals surface area contributed by atoms with E-state index >= 15 is 0 Å². The summed E-state index contributed by atoms with van der Waals surface area (Å²) in [5.74, 6) is -1.39. The van der Waals surface area contributed by atoms with E-state index in [1.54, 1.807) is 19.1 Å². The highest BCUT2D eigenvalue weighted by atomic mass is 35.5. The molecule has 7 nitrogen and oxygen atoms in total. The number of carbonyl (C=O) groups is 1. The van der Waals surface area contributed by atoms with Gasteiger partial charge in [-0.1, -0.05) is 17.7 Å². The summed E-state index contributed by atoms with van der Waals surface area (Å²) in [5.41, 5.74) is 0.568. The Morgan fingerprint density at radius 2 is 1.97 bits per heavy atom. The first-order valence-corrected chi connectivity index (χ1v) is 13.4. The molecule has 2 heterocycles. The van der Waals surface area contributed by atoms with Crippen LogP contribution in [0.1, 0.15) is 28.7 Å². The zero-order chi connectivity index (χ0) is 27.0. The molecule has 4 rings (SSSR count). The van der Waals surface area contributed by atoms with Gasteiger partial charge in [0.15, 0.2) is 0 Å². The van der Waals surface area contributed by atoms with Gasteiger partial charge < -0.3 is 9.47 Å². The van der Waals surface area contributed by atoms with Crippen LogP contribution in [0, 0.1) is 18.7 Å². The molecule has 1 fully saturated rings. The van der Waals surface area contributed by atoms with Crippen molar-refractivity contribution < 1.29 is 40.2 Å². The first-order valence-electron chi connectivity index (χ1n) is 11.5. The van der Waals surface area contributed by atoms with Crippen LogP contribution in [0.15, 0.2) is 35.9 Å². The summed E-state index contributed by atoms with van der Waals surface area (Å²) in [7, 11) is -3.63. The number of amides is 1. The van der Waals surface area contributed by atoms with Crippen LogP contribution >= 0.6 is 12.4 Å². The van der Waals surface area contributed by atoms with Crippen molar-refractivity contribution in [2.45, 2.75) is 26.1 Å². The van der Waals surface area contributed by atoms with Crippen LogP contribution in [0.2, 0.25) is 0 Å². The lowest BCUT2D eigenvalue weighted by Crippen LogP contribution is -2.36. The molecule has 2 aromatic rings. The maximum Gasteiger partial charge on any atom is 0.416 e. The van der Waals surface area contributed by atoms with E-state index in [0.29, 0.717) is 31.6 Å². The fraction of sp³-hybridized carbons (Fsp3) is 0.400. The van der Waals surface area contributed by atoms with E-state index in [-0.39, 0.29) is 41.6 Å². The van der Waals surface area contributed by atoms with Gasteiger partial charge in [-0.3, -0.25) is 14.4 Å². The molecule has 13 heteroatoms. The topological polar surface area (TPSA) is 84.9 Å². The quantitative estimate of drug-likeness (QED) is 0.493. The SMILES string of the molecule is Cc1ccc(COc2cc(F)c3c(c2)OCC(CN2CCC(C(=O)NS(C)(=O)=O)C2)=C3)c(C(F)(F)F)c1.Cl. The molecule has 1 saturated heterocycles. The minimum absolute atomic E-state index is 0. The van der Waals surface area contributed by atoms with Crippen LogP contribution in [0.5, 0.6) is 11.5 Å². The number of likely N-dealkylation sites (tertiary alicyclic amines) is 1. The van der Waals surface area contributed by atoms with Crippen molar-refractivity contribution in [1.29, 1.82) is 0 Å². The van der Waals surface area contributed by atoms with E-state index in [4.69, 9.17) is 9.47 Å². The molecule has 2 aliphatic rings. The monoisotopic (exact) mass is 578 g/mol. The van der Waals surface area contributed by atoms with Crippen molar-refractivity contribution in [3.63, 3.8) is 0 Å². The molecule has 0 bridgehead atoms. The minimum atomic E-state index is -4.54. The van der Waals surface area contributed by atoms with Gasteiger partial charge in [0.25, 0.3) is 0 Å². The average Bonchev–Trinajstić information content (AvgIpc) is 3.26. The second-order valence-electron chi connectivity index (χ2n) is 9.31. The van der Waals surface area contributed by atoms with Gasteiger partial charge in [0.05, 0.1) is 23.3 Å². The minimum Gasteiger partial charge on any atom is -0.489 e. The van der Waals surface area contributed by atoms with E-state index in [1.165, 1.54) is 12.1 Å². The smallest absolute Gasteiger partial charge is 0.416 e. The van der Waals surface area contributed by atoms with Gasteiger partial charge in [-0.25, -0.2) is 12.8 Å². The summed E-state index contributed by atoms with van der Waals surface area (Å²) in [4.78, 5) is 14.1. The second-order valence-corrected chi connectivity index (χ2v) is 11.1. The highest BCUT2D eigenvalue weighted by Gasteiger charge is 2.34. The maximum absolute atomic E-state index is 14.9. The lowest BCUT2D eigenvalue weighted by atomic mass is 10.0. The van der Waals surface area contributed by atoms with Gasteiger partial charge in [0.2, 0.25) is 15.9 Å². The van der Waals surface area contributed by atoms with Gasteiger partial charge in [0, 0.05) is 30.8 Å². The molecule has 38 heavy (non-hydrogen) atoms. The summed E-state index contributed by atoms with van der Waals surface area (Å²) >= 11 is 0. The number of hydrogen-bond donors (Lipinski definition) is 1. The summed E-state index contributed by atoms with van der Waals surface area (Å²) in [6, 6.07) is 6.48. The molecule has 2 aromatic carbocycles. The Balaban J connectivity index is 0.00000400. The van der Waals surface area contributed by atoms with Crippen LogP contribution in [0.3, 0.4) is 0 Å². The largest absolute Gasteiger partial charge is 0.489 e. The summed E-state index contributed by atoms with van der Waals surface area (Å²) in [5, 5.41) is 0. The van der Waals surface area contributed by atoms with E-state index in [2.05, 4.69) is 0 Å². The summed E-state index contributed by atoms with van der Waals surface area (Å²) < 4.78 is 90.7. The van der Waals surface area contributed by atoms with Crippen LogP contribution < -0.4 is 14.2 Å². The zero-order valence-corrected chi connectivity index (χ0v) is 22.2. The number of carbonyl (C=O) groups excluding carboxylic acids is 1. The summed E-state index contributed by atoms with van der Waals surface area (Å²) in [6.07, 6.45) is -1.47. The number of ether oxygens (including phenoxy) is 2. The van der Waals surface area contributed by atoms with Gasteiger partial charge in [-0.2, -0.15) is 13.2 Å². The number of fused-ring (bicyclic) bond motifs is 1. The number of benzene rings is 2. The third kappa shape index (κ3) is 7.39. The number of sulfonamides is 1. The Hall–Kier alpha value is -2.83. The molecular formula is C25H27ClF4N2O5S. The van der Waals surface area contributed by atoms with Crippen molar-refractivity contribution in [3.05, 3.63) is 64.0 Å². The molecule has 1 amide bonds. The van der Waals surface area contributed by atoms with Crippen molar-refractivity contribution in [2.75, 3.05) is 32.5 Å². The Labute approximate surface area is 224 Å². The zero-order valence-electron chi connectivity index (χ0n) is 20.6. The lowest BCUT2D eigenvalue weighted by molar-refractivity contribution is -0.138. The number of hydrogen-bond acceptors (Lipinski definition) is 6.